The van der Waals surface area contributed by atoms with Crippen LogP contribution in [0.3, 0.4) is 0 Å². The zero-order valence-electron chi connectivity index (χ0n) is 5.93. The van der Waals surface area contributed by atoms with Crippen LogP contribution >= 0.6 is 0 Å². The van der Waals surface area contributed by atoms with Crippen LogP contribution in [-0.2, 0) is 0 Å². The van der Waals surface area contributed by atoms with Gasteiger partial charge in [-0.2, -0.15) is 13.2 Å². The average molecular weight is 176 g/mol. The number of alkyl halides is 3. The molecule has 0 aliphatic rings. The Balaban J connectivity index is 2.44. The smallest absolute Gasteiger partial charge is 0.422 e. The summed E-state index contributed by atoms with van der Waals surface area (Å²) in [5.41, 5.74) is 0. The van der Waals surface area contributed by atoms with E-state index >= 15 is 0 Å². The van der Waals surface area contributed by atoms with Crippen molar-refractivity contribution in [2.45, 2.75) is 6.18 Å². The molecule has 1 aromatic heterocycles. The van der Waals surface area contributed by atoms with E-state index in [4.69, 9.17) is 0 Å². The monoisotopic (exact) mass is 176 g/mol. The summed E-state index contributed by atoms with van der Waals surface area (Å²) in [6.07, 6.45) is -0.636. The van der Waals surface area contributed by atoms with E-state index in [1.807, 2.05) is 0 Å². The van der Waals surface area contributed by atoms with Gasteiger partial charge in [0.25, 0.3) is 0 Å². The van der Waals surface area contributed by atoms with Crippen LogP contribution in [0.4, 0.5) is 13.2 Å². The highest BCUT2D eigenvalue weighted by atomic mass is 19.4. The summed E-state index contributed by atoms with van der Waals surface area (Å²) in [5.74, 6) is 0.113. The maximum atomic E-state index is 11.6. The molecule has 0 fully saturated rings. The summed E-state index contributed by atoms with van der Waals surface area (Å²) in [6, 6.07) is 2.58. The molecular weight excluding hydrogens is 171 g/mol. The second-order valence-corrected chi connectivity index (χ2v) is 2.02. The van der Waals surface area contributed by atoms with Crippen molar-refractivity contribution in [1.29, 1.82) is 0 Å². The first-order chi connectivity index (χ1) is 5.58. The second-order valence-electron chi connectivity index (χ2n) is 2.02. The highest BCUT2D eigenvalue weighted by molar-refractivity contribution is 5.16. The lowest BCUT2D eigenvalue weighted by atomic mass is 10.4. The van der Waals surface area contributed by atoms with Crippen LogP contribution in [0.5, 0.6) is 5.75 Å². The Hall–Kier alpha value is -1.26. The zero-order chi connectivity index (χ0) is 9.03. The van der Waals surface area contributed by atoms with E-state index in [1.54, 1.807) is 0 Å². The minimum atomic E-state index is -4.30. The van der Waals surface area contributed by atoms with Crippen molar-refractivity contribution >= 4 is 0 Å². The van der Waals surface area contributed by atoms with Crippen LogP contribution in [-0.4, -0.2) is 17.8 Å². The molecule has 0 aliphatic heterocycles. The lowest BCUT2D eigenvalue weighted by molar-refractivity contribution is -0.153. The third-order valence-corrected chi connectivity index (χ3v) is 0.997. The number of hydrogen-bond donors (Lipinski definition) is 0. The van der Waals surface area contributed by atoms with Crippen molar-refractivity contribution in [2.24, 2.45) is 0 Å². The van der Waals surface area contributed by atoms with E-state index in [1.165, 1.54) is 18.3 Å². The van der Waals surface area contributed by atoms with E-state index in [9.17, 15) is 13.2 Å². The van der Waals surface area contributed by atoms with Gasteiger partial charge in [-0.15, -0.1) is 0 Å². The number of ether oxygens (including phenoxy) is 1. The highest BCUT2D eigenvalue weighted by Gasteiger charge is 2.28. The minimum absolute atomic E-state index is 0.113. The van der Waals surface area contributed by atoms with E-state index < -0.39 is 12.8 Å². The van der Waals surface area contributed by atoms with Gasteiger partial charge in [-0.25, -0.2) is 0 Å². The Morgan fingerprint density at radius 1 is 1.50 bits per heavy atom. The molecule has 0 atom stereocenters. The van der Waals surface area contributed by atoms with Gasteiger partial charge < -0.3 is 4.74 Å². The summed E-state index contributed by atoms with van der Waals surface area (Å²) >= 11 is 0. The SMILES string of the molecule is FC(F)(F)COc1c[c]ncc1. The summed E-state index contributed by atoms with van der Waals surface area (Å²) < 4.78 is 39.1. The number of hydrogen-bond acceptors (Lipinski definition) is 2. The molecule has 1 rings (SSSR count). The van der Waals surface area contributed by atoms with E-state index in [-0.39, 0.29) is 5.75 Å². The number of rotatable bonds is 2. The van der Waals surface area contributed by atoms with Crippen molar-refractivity contribution in [3.05, 3.63) is 24.5 Å². The predicted molar refractivity (Wildman–Crippen MR) is 34.6 cm³/mol. The van der Waals surface area contributed by atoms with E-state index in [0.717, 1.165) is 0 Å². The predicted octanol–water partition coefficient (Wildman–Crippen LogP) is 1.82. The average Bonchev–Trinajstić information content (AvgIpc) is 2.02. The summed E-state index contributed by atoms with van der Waals surface area (Å²) in [6.45, 7) is -1.29. The van der Waals surface area contributed by atoms with Crippen molar-refractivity contribution in [2.75, 3.05) is 6.61 Å². The largest absolute Gasteiger partial charge is 0.484 e. The van der Waals surface area contributed by atoms with Crippen LogP contribution < -0.4 is 4.74 Å². The summed E-state index contributed by atoms with van der Waals surface area (Å²) in [7, 11) is 0. The molecule has 0 spiro atoms. The first-order valence-electron chi connectivity index (χ1n) is 3.09. The van der Waals surface area contributed by atoms with Crippen molar-refractivity contribution in [3.63, 3.8) is 0 Å². The first-order valence-corrected chi connectivity index (χ1v) is 3.09. The number of nitrogens with zero attached hydrogens (tertiary/aromatic N) is 1. The Morgan fingerprint density at radius 3 is 2.75 bits per heavy atom. The van der Waals surface area contributed by atoms with Crippen LogP contribution in [0.25, 0.3) is 0 Å². The maximum absolute atomic E-state index is 11.6. The summed E-state index contributed by atoms with van der Waals surface area (Å²) in [5, 5.41) is 0. The van der Waals surface area contributed by atoms with Gasteiger partial charge >= 0.3 is 6.18 Å². The number of pyridine rings is 1. The topological polar surface area (TPSA) is 22.1 Å². The quantitative estimate of drug-likeness (QED) is 0.685. The van der Waals surface area contributed by atoms with Gasteiger partial charge in [0.1, 0.15) is 5.75 Å². The van der Waals surface area contributed by atoms with Gasteiger partial charge in [-0.1, -0.05) is 0 Å². The fourth-order valence-electron chi connectivity index (χ4n) is 0.558. The van der Waals surface area contributed by atoms with Gasteiger partial charge in [-0.05, 0) is 6.07 Å². The molecule has 1 radical (unpaired) electrons. The van der Waals surface area contributed by atoms with Gasteiger partial charge in [0.05, 0.1) is 6.20 Å². The Kier molecular flexibility index (Phi) is 2.52. The maximum Gasteiger partial charge on any atom is 0.422 e. The number of aromatic nitrogens is 1. The van der Waals surface area contributed by atoms with E-state index in [0.29, 0.717) is 0 Å². The standard InChI is InChI=1S/C7H5F3NO/c8-7(9,10)5-12-6-1-3-11-4-2-6/h1-3H,5H2. The van der Waals surface area contributed by atoms with Crippen LogP contribution in [0.2, 0.25) is 0 Å². The van der Waals surface area contributed by atoms with Gasteiger partial charge in [0, 0.05) is 12.3 Å². The van der Waals surface area contributed by atoms with Gasteiger partial charge in [0.2, 0.25) is 0 Å². The third kappa shape index (κ3) is 3.23. The molecule has 0 unspecified atom stereocenters. The lowest BCUT2D eigenvalue weighted by Gasteiger charge is -2.07. The second kappa shape index (κ2) is 3.42. The van der Waals surface area contributed by atoms with Gasteiger partial charge in [-0.3, -0.25) is 4.98 Å². The lowest BCUT2D eigenvalue weighted by Crippen LogP contribution is -2.19. The van der Waals surface area contributed by atoms with Crippen LogP contribution in [0, 0.1) is 6.20 Å². The molecular formula is C7H5F3NO. The van der Waals surface area contributed by atoms with Crippen LogP contribution in [0.1, 0.15) is 0 Å². The molecule has 0 amide bonds. The van der Waals surface area contributed by atoms with Crippen molar-refractivity contribution in [3.8, 4) is 5.75 Å². The molecule has 1 aromatic rings. The molecule has 0 N–H and O–H groups in total. The molecule has 65 valence electrons. The Morgan fingerprint density at radius 2 is 2.25 bits per heavy atom. The molecule has 0 saturated heterocycles. The molecule has 0 bridgehead atoms. The molecule has 0 aliphatic carbocycles. The fourth-order valence-corrected chi connectivity index (χ4v) is 0.558. The Bertz CT molecular complexity index is 234. The minimum Gasteiger partial charge on any atom is -0.484 e. The molecule has 5 heteroatoms. The molecule has 0 saturated carbocycles. The van der Waals surface area contributed by atoms with Crippen molar-refractivity contribution in [1.82, 2.24) is 4.98 Å². The zero-order valence-corrected chi connectivity index (χ0v) is 5.93. The Labute approximate surface area is 67.0 Å². The molecule has 12 heavy (non-hydrogen) atoms. The summed E-state index contributed by atoms with van der Waals surface area (Å²) in [4.78, 5) is 3.50. The third-order valence-electron chi connectivity index (χ3n) is 0.997. The fraction of sp³-hybridized carbons (Fsp3) is 0.286. The normalized spacial score (nSPS) is 11.2. The number of halogens is 3. The first kappa shape index (κ1) is 8.83. The molecule has 2 nitrogen and oxygen atoms in total. The van der Waals surface area contributed by atoms with Gasteiger partial charge in [0.15, 0.2) is 6.61 Å². The van der Waals surface area contributed by atoms with Crippen LogP contribution in [0.15, 0.2) is 18.3 Å². The highest BCUT2D eigenvalue weighted by Crippen LogP contribution is 2.17. The van der Waals surface area contributed by atoms with E-state index in [2.05, 4.69) is 15.9 Å². The molecule has 0 aromatic carbocycles. The molecule has 1 heterocycles. The van der Waals surface area contributed by atoms with Crippen molar-refractivity contribution < 1.29 is 17.9 Å².